The van der Waals surface area contributed by atoms with Crippen LogP contribution >= 0.6 is 27.3 Å². The minimum Gasteiger partial charge on any atom is -0.486 e. The van der Waals surface area contributed by atoms with Crippen molar-refractivity contribution < 1.29 is 14.3 Å². The van der Waals surface area contributed by atoms with Crippen molar-refractivity contribution in [3.63, 3.8) is 0 Å². The highest BCUT2D eigenvalue weighted by Gasteiger charge is 2.13. The van der Waals surface area contributed by atoms with Crippen LogP contribution in [0, 0.1) is 0 Å². The number of rotatable bonds is 4. The second-order valence-electron chi connectivity index (χ2n) is 5.15. The van der Waals surface area contributed by atoms with Gasteiger partial charge in [0.25, 0.3) is 0 Å². The molecule has 0 spiro atoms. The largest absolute Gasteiger partial charge is 0.486 e. The average molecular weight is 394 g/mol. The van der Waals surface area contributed by atoms with E-state index in [1.807, 2.05) is 36.4 Å². The van der Waals surface area contributed by atoms with Gasteiger partial charge in [0.2, 0.25) is 5.91 Å². The number of amides is 1. The first-order valence-electron chi connectivity index (χ1n) is 7.19. The highest BCUT2D eigenvalue weighted by Crippen LogP contribution is 2.31. The summed E-state index contributed by atoms with van der Waals surface area (Å²) < 4.78 is 12.1. The Morgan fingerprint density at radius 3 is 2.78 bits per heavy atom. The molecule has 3 rings (SSSR count). The predicted octanol–water partition coefficient (Wildman–Crippen LogP) is 3.95. The minimum atomic E-state index is -0.0376. The number of likely N-dealkylation sites (N-methyl/N-ethyl adjacent to an activating group) is 1. The standard InChI is InChI=1S/C17H16BrNO3S/c1-19(17(20)7-4-13-3-6-16(18)23-13)11-12-2-5-14-15(10-12)22-9-8-21-14/h2-7,10H,8-9,11H2,1H3/b7-4+. The van der Waals surface area contributed by atoms with E-state index in [1.165, 1.54) is 0 Å². The van der Waals surface area contributed by atoms with Crippen LogP contribution in [0.15, 0.2) is 40.2 Å². The third-order valence-electron chi connectivity index (χ3n) is 3.39. The maximum atomic E-state index is 12.2. The van der Waals surface area contributed by atoms with Gasteiger partial charge in [-0.05, 0) is 51.8 Å². The zero-order valence-corrected chi connectivity index (χ0v) is 15.0. The normalized spacial score (nSPS) is 13.3. The summed E-state index contributed by atoms with van der Waals surface area (Å²) in [5.41, 5.74) is 1.01. The Labute approximate surface area is 147 Å². The van der Waals surface area contributed by atoms with Crippen LogP contribution in [0.5, 0.6) is 11.5 Å². The highest BCUT2D eigenvalue weighted by molar-refractivity contribution is 9.11. The van der Waals surface area contributed by atoms with Crippen LogP contribution in [0.1, 0.15) is 10.4 Å². The number of carbonyl (C=O) groups excluding carboxylic acids is 1. The van der Waals surface area contributed by atoms with Gasteiger partial charge in [-0.2, -0.15) is 0 Å². The van der Waals surface area contributed by atoms with E-state index in [4.69, 9.17) is 9.47 Å². The predicted molar refractivity (Wildman–Crippen MR) is 95.0 cm³/mol. The molecule has 1 aromatic carbocycles. The summed E-state index contributed by atoms with van der Waals surface area (Å²) in [6.07, 6.45) is 3.42. The molecule has 23 heavy (non-hydrogen) atoms. The van der Waals surface area contributed by atoms with Crippen molar-refractivity contribution in [1.82, 2.24) is 4.90 Å². The van der Waals surface area contributed by atoms with E-state index in [0.717, 1.165) is 25.7 Å². The van der Waals surface area contributed by atoms with Crippen molar-refractivity contribution in [2.24, 2.45) is 0 Å². The fourth-order valence-electron chi connectivity index (χ4n) is 2.24. The lowest BCUT2D eigenvalue weighted by atomic mass is 10.2. The lowest BCUT2D eigenvalue weighted by molar-refractivity contribution is -0.125. The molecule has 0 atom stereocenters. The Morgan fingerprint density at radius 1 is 1.26 bits per heavy atom. The van der Waals surface area contributed by atoms with Gasteiger partial charge in [0, 0.05) is 24.5 Å². The molecule has 1 aliphatic heterocycles. The molecule has 1 aromatic heterocycles. The Balaban J connectivity index is 1.63. The Bertz CT molecular complexity index is 741. The molecular weight excluding hydrogens is 378 g/mol. The zero-order chi connectivity index (χ0) is 16.2. The number of hydrogen-bond acceptors (Lipinski definition) is 4. The van der Waals surface area contributed by atoms with Crippen molar-refractivity contribution in [2.45, 2.75) is 6.54 Å². The van der Waals surface area contributed by atoms with Crippen LogP contribution in [0.25, 0.3) is 6.08 Å². The first-order valence-corrected chi connectivity index (χ1v) is 8.80. The SMILES string of the molecule is CN(Cc1ccc2c(c1)OCCO2)C(=O)/C=C/c1ccc(Br)s1. The molecule has 1 amide bonds. The van der Waals surface area contributed by atoms with Crippen molar-refractivity contribution in [3.05, 3.63) is 50.6 Å². The molecular formula is C17H16BrNO3S. The molecule has 2 aromatic rings. The van der Waals surface area contributed by atoms with Gasteiger partial charge in [-0.3, -0.25) is 4.79 Å². The van der Waals surface area contributed by atoms with Crippen molar-refractivity contribution in [3.8, 4) is 11.5 Å². The number of hydrogen-bond donors (Lipinski definition) is 0. The second-order valence-corrected chi connectivity index (χ2v) is 7.64. The Hall–Kier alpha value is -1.79. The molecule has 0 N–H and O–H groups in total. The highest BCUT2D eigenvalue weighted by atomic mass is 79.9. The summed E-state index contributed by atoms with van der Waals surface area (Å²) in [5, 5.41) is 0. The number of benzene rings is 1. The number of ether oxygens (including phenoxy) is 2. The van der Waals surface area contributed by atoms with E-state index in [-0.39, 0.29) is 5.91 Å². The lowest BCUT2D eigenvalue weighted by Gasteiger charge is -2.20. The summed E-state index contributed by atoms with van der Waals surface area (Å²) in [6, 6.07) is 9.71. The number of thiophene rings is 1. The first-order chi connectivity index (χ1) is 11.1. The smallest absolute Gasteiger partial charge is 0.246 e. The van der Waals surface area contributed by atoms with E-state index in [9.17, 15) is 4.79 Å². The maximum absolute atomic E-state index is 12.2. The zero-order valence-electron chi connectivity index (χ0n) is 12.6. The third kappa shape index (κ3) is 4.14. The van der Waals surface area contributed by atoms with Crippen LogP contribution in [-0.2, 0) is 11.3 Å². The number of carbonyl (C=O) groups is 1. The molecule has 0 saturated heterocycles. The van der Waals surface area contributed by atoms with Gasteiger partial charge >= 0.3 is 0 Å². The van der Waals surface area contributed by atoms with Crippen LogP contribution in [0.3, 0.4) is 0 Å². The van der Waals surface area contributed by atoms with Gasteiger partial charge in [-0.25, -0.2) is 0 Å². The fourth-order valence-corrected chi connectivity index (χ4v) is 3.56. The van der Waals surface area contributed by atoms with Gasteiger partial charge in [0.1, 0.15) is 13.2 Å². The molecule has 0 radical (unpaired) electrons. The molecule has 0 unspecified atom stereocenters. The second kappa shape index (κ2) is 7.19. The summed E-state index contributed by atoms with van der Waals surface area (Å²) in [5.74, 6) is 1.47. The first kappa shape index (κ1) is 16.1. The van der Waals surface area contributed by atoms with Crippen LogP contribution in [0.4, 0.5) is 0 Å². The third-order valence-corrected chi connectivity index (χ3v) is 4.98. The van der Waals surface area contributed by atoms with Gasteiger partial charge < -0.3 is 14.4 Å². The summed E-state index contributed by atoms with van der Waals surface area (Å²) in [6.45, 7) is 1.66. The van der Waals surface area contributed by atoms with E-state index < -0.39 is 0 Å². The monoisotopic (exact) mass is 393 g/mol. The molecule has 0 fully saturated rings. The number of fused-ring (bicyclic) bond motifs is 1. The number of halogens is 1. The molecule has 1 aliphatic rings. The summed E-state index contributed by atoms with van der Waals surface area (Å²) in [7, 11) is 1.79. The van der Waals surface area contributed by atoms with E-state index >= 15 is 0 Å². The van der Waals surface area contributed by atoms with Gasteiger partial charge in [0.05, 0.1) is 3.79 Å². The number of nitrogens with zero attached hydrogens (tertiary/aromatic N) is 1. The van der Waals surface area contributed by atoms with Gasteiger partial charge in [-0.1, -0.05) is 6.07 Å². The van der Waals surface area contributed by atoms with E-state index in [2.05, 4.69) is 15.9 Å². The summed E-state index contributed by atoms with van der Waals surface area (Å²) >= 11 is 5.00. The van der Waals surface area contributed by atoms with E-state index in [0.29, 0.717) is 19.8 Å². The molecule has 120 valence electrons. The Morgan fingerprint density at radius 2 is 2.04 bits per heavy atom. The van der Waals surface area contributed by atoms with Crippen molar-refractivity contribution >= 4 is 39.2 Å². The topological polar surface area (TPSA) is 38.8 Å². The molecule has 0 saturated carbocycles. The minimum absolute atomic E-state index is 0.0376. The Kier molecular flexibility index (Phi) is 5.03. The van der Waals surface area contributed by atoms with Crippen molar-refractivity contribution in [1.29, 1.82) is 0 Å². The van der Waals surface area contributed by atoms with Crippen LogP contribution < -0.4 is 9.47 Å². The molecule has 0 bridgehead atoms. The van der Waals surface area contributed by atoms with Gasteiger partial charge in [0.15, 0.2) is 11.5 Å². The van der Waals surface area contributed by atoms with Gasteiger partial charge in [-0.15, -0.1) is 11.3 Å². The molecule has 4 nitrogen and oxygen atoms in total. The molecule has 0 aliphatic carbocycles. The molecule has 2 heterocycles. The average Bonchev–Trinajstić information content (AvgIpc) is 2.98. The summed E-state index contributed by atoms with van der Waals surface area (Å²) in [4.78, 5) is 14.9. The van der Waals surface area contributed by atoms with Crippen molar-refractivity contribution in [2.75, 3.05) is 20.3 Å². The molecule has 6 heteroatoms. The van der Waals surface area contributed by atoms with Crippen LogP contribution in [0.2, 0.25) is 0 Å². The fraction of sp³-hybridized carbons (Fsp3) is 0.235. The maximum Gasteiger partial charge on any atom is 0.246 e. The van der Waals surface area contributed by atoms with Crippen LogP contribution in [-0.4, -0.2) is 31.1 Å². The lowest BCUT2D eigenvalue weighted by Crippen LogP contribution is -2.24. The van der Waals surface area contributed by atoms with E-state index in [1.54, 1.807) is 29.4 Å². The quantitative estimate of drug-likeness (QED) is 0.738.